The third kappa shape index (κ3) is 2.98. The van der Waals surface area contributed by atoms with E-state index in [1.54, 1.807) is 6.20 Å². The van der Waals surface area contributed by atoms with Crippen LogP contribution in [0.3, 0.4) is 0 Å². The lowest BCUT2D eigenvalue weighted by molar-refractivity contribution is -0.137. The highest BCUT2D eigenvalue weighted by Crippen LogP contribution is 2.29. The number of aryl methyl sites for hydroxylation is 1. The molecule has 0 bridgehead atoms. The van der Waals surface area contributed by atoms with Crippen molar-refractivity contribution in [2.45, 2.75) is 19.5 Å². The second-order valence-electron chi connectivity index (χ2n) is 4.16. The molecule has 2 aromatic rings. The average Bonchev–Trinajstić information content (AvgIpc) is 2.85. The van der Waals surface area contributed by atoms with Crippen LogP contribution in [0.5, 0.6) is 0 Å². The van der Waals surface area contributed by atoms with Crippen LogP contribution in [-0.2, 0) is 12.6 Å². The maximum atomic E-state index is 12.6. The Kier molecular flexibility index (Phi) is 3.78. The molecule has 0 unspecified atom stereocenters. The molecule has 1 amide bonds. The van der Waals surface area contributed by atoms with Gasteiger partial charge in [0.1, 0.15) is 5.82 Å². The summed E-state index contributed by atoms with van der Waals surface area (Å²) in [7, 11) is 0. The summed E-state index contributed by atoms with van der Waals surface area (Å²) in [6.45, 7) is 1.88. The lowest BCUT2D eigenvalue weighted by atomic mass is 10.1. The lowest BCUT2D eigenvalue weighted by Gasteiger charge is -2.09. The molecule has 1 aromatic heterocycles. The van der Waals surface area contributed by atoms with Gasteiger partial charge in [-0.1, -0.05) is 13.0 Å². The van der Waals surface area contributed by atoms with Gasteiger partial charge in [-0.3, -0.25) is 9.89 Å². The molecule has 0 spiro atoms. The number of benzene rings is 1. The number of aromatic nitrogens is 2. The molecule has 1 heterocycles. The number of hydrogen-bond acceptors (Lipinski definition) is 2. The average molecular weight is 283 g/mol. The number of nitrogens with one attached hydrogen (secondary N) is 2. The molecule has 2 rings (SSSR count). The van der Waals surface area contributed by atoms with Crippen LogP contribution < -0.4 is 5.32 Å². The second kappa shape index (κ2) is 5.36. The summed E-state index contributed by atoms with van der Waals surface area (Å²) in [5.74, 6) is -0.218. The SMILES string of the molecule is CCc1cn[nH]c1NC(=O)c1cccc(C(F)(F)F)c1. The Morgan fingerprint density at radius 1 is 1.40 bits per heavy atom. The number of carbonyl (C=O) groups excluding carboxylic acids is 1. The molecule has 20 heavy (non-hydrogen) atoms. The molecule has 0 saturated heterocycles. The normalized spacial score (nSPS) is 11.4. The number of anilines is 1. The number of carbonyl (C=O) groups is 1. The highest BCUT2D eigenvalue weighted by Gasteiger charge is 2.30. The van der Waals surface area contributed by atoms with E-state index in [1.807, 2.05) is 6.92 Å². The van der Waals surface area contributed by atoms with E-state index >= 15 is 0 Å². The van der Waals surface area contributed by atoms with E-state index in [4.69, 9.17) is 0 Å². The molecule has 0 aliphatic rings. The minimum Gasteiger partial charge on any atom is -0.307 e. The number of halogens is 3. The molecule has 7 heteroatoms. The van der Waals surface area contributed by atoms with Crippen molar-refractivity contribution in [1.82, 2.24) is 10.2 Å². The third-order valence-electron chi connectivity index (χ3n) is 2.79. The van der Waals surface area contributed by atoms with E-state index in [-0.39, 0.29) is 5.56 Å². The van der Waals surface area contributed by atoms with Crippen molar-refractivity contribution in [1.29, 1.82) is 0 Å². The fourth-order valence-electron chi connectivity index (χ4n) is 1.71. The molecular weight excluding hydrogens is 271 g/mol. The van der Waals surface area contributed by atoms with Crippen LogP contribution in [0.4, 0.5) is 19.0 Å². The van der Waals surface area contributed by atoms with Crippen molar-refractivity contribution in [2.75, 3.05) is 5.32 Å². The number of hydrogen-bond donors (Lipinski definition) is 2. The van der Waals surface area contributed by atoms with E-state index in [0.717, 1.165) is 17.7 Å². The van der Waals surface area contributed by atoms with E-state index in [1.165, 1.54) is 12.1 Å². The monoisotopic (exact) mass is 283 g/mol. The molecule has 1 aromatic carbocycles. The van der Waals surface area contributed by atoms with Gasteiger partial charge in [-0.05, 0) is 24.6 Å². The summed E-state index contributed by atoms with van der Waals surface area (Å²) in [6.07, 6.45) is -2.27. The largest absolute Gasteiger partial charge is 0.416 e. The van der Waals surface area contributed by atoms with E-state index < -0.39 is 17.6 Å². The molecule has 0 aliphatic heterocycles. The summed E-state index contributed by atoms with van der Waals surface area (Å²) in [5.41, 5.74) is -0.132. The summed E-state index contributed by atoms with van der Waals surface area (Å²) in [5, 5.41) is 8.89. The molecule has 0 aliphatic carbocycles. The molecule has 0 radical (unpaired) electrons. The Morgan fingerprint density at radius 2 is 2.15 bits per heavy atom. The van der Waals surface area contributed by atoms with E-state index in [2.05, 4.69) is 15.5 Å². The van der Waals surface area contributed by atoms with Gasteiger partial charge < -0.3 is 5.32 Å². The van der Waals surface area contributed by atoms with Crippen molar-refractivity contribution < 1.29 is 18.0 Å². The minimum atomic E-state index is -4.47. The molecular formula is C13H12F3N3O. The number of amides is 1. The molecule has 2 N–H and O–H groups in total. The standard InChI is InChI=1S/C13H12F3N3O/c1-2-8-7-17-19-11(8)18-12(20)9-4-3-5-10(6-9)13(14,15)16/h3-7H,2H2,1H3,(H2,17,18,19,20). The Balaban J connectivity index is 2.22. The third-order valence-corrected chi connectivity index (χ3v) is 2.79. The first kappa shape index (κ1) is 14.1. The number of alkyl halides is 3. The predicted molar refractivity (Wildman–Crippen MR) is 67.4 cm³/mol. The smallest absolute Gasteiger partial charge is 0.307 e. The minimum absolute atomic E-state index is 0.0588. The first-order valence-corrected chi connectivity index (χ1v) is 5.92. The van der Waals surface area contributed by atoms with Crippen LogP contribution in [0.1, 0.15) is 28.4 Å². The number of nitrogens with zero attached hydrogens (tertiary/aromatic N) is 1. The van der Waals surface area contributed by atoms with Crippen LogP contribution in [0.15, 0.2) is 30.5 Å². The van der Waals surface area contributed by atoms with Gasteiger partial charge in [0.2, 0.25) is 0 Å². The van der Waals surface area contributed by atoms with Gasteiger partial charge in [0.25, 0.3) is 5.91 Å². The van der Waals surface area contributed by atoms with Crippen LogP contribution in [0.25, 0.3) is 0 Å². The van der Waals surface area contributed by atoms with Crippen molar-refractivity contribution in [3.05, 3.63) is 47.2 Å². The quantitative estimate of drug-likeness (QED) is 0.908. The predicted octanol–water partition coefficient (Wildman–Crippen LogP) is 3.24. The fraction of sp³-hybridized carbons (Fsp3) is 0.231. The number of aromatic amines is 1. The summed E-state index contributed by atoms with van der Waals surface area (Å²) in [4.78, 5) is 11.9. The highest BCUT2D eigenvalue weighted by atomic mass is 19.4. The van der Waals surface area contributed by atoms with Gasteiger partial charge in [0.05, 0.1) is 11.8 Å². The Morgan fingerprint density at radius 3 is 2.80 bits per heavy atom. The van der Waals surface area contributed by atoms with Crippen molar-refractivity contribution in [3.63, 3.8) is 0 Å². The Hall–Kier alpha value is -2.31. The summed E-state index contributed by atoms with van der Waals surface area (Å²) in [6, 6.07) is 4.26. The van der Waals surface area contributed by atoms with Crippen molar-refractivity contribution in [2.24, 2.45) is 0 Å². The Labute approximate surface area is 113 Å². The van der Waals surface area contributed by atoms with Gasteiger partial charge in [-0.25, -0.2) is 0 Å². The van der Waals surface area contributed by atoms with Crippen LogP contribution in [0.2, 0.25) is 0 Å². The fourth-order valence-corrected chi connectivity index (χ4v) is 1.71. The van der Waals surface area contributed by atoms with Crippen molar-refractivity contribution >= 4 is 11.7 Å². The first-order valence-electron chi connectivity index (χ1n) is 5.92. The van der Waals surface area contributed by atoms with Crippen LogP contribution in [0, 0.1) is 0 Å². The van der Waals surface area contributed by atoms with Gasteiger partial charge in [-0.2, -0.15) is 18.3 Å². The number of rotatable bonds is 3. The topological polar surface area (TPSA) is 57.8 Å². The van der Waals surface area contributed by atoms with E-state index in [9.17, 15) is 18.0 Å². The van der Waals surface area contributed by atoms with E-state index in [0.29, 0.717) is 12.2 Å². The molecule has 0 fully saturated rings. The van der Waals surface area contributed by atoms with Gasteiger partial charge in [0, 0.05) is 11.1 Å². The van der Waals surface area contributed by atoms with Crippen LogP contribution in [-0.4, -0.2) is 16.1 Å². The molecule has 0 atom stereocenters. The highest BCUT2D eigenvalue weighted by molar-refractivity contribution is 6.04. The Bertz CT molecular complexity index is 619. The molecule has 0 saturated carbocycles. The summed E-state index contributed by atoms with van der Waals surface area (Å²) >= 11 is 0. The number of H-pyrrole nitrogens is 1. The van der Waals surface area contributed by atoms with Gasteiger partial charge >= 0.3 is 6.18 Å². The maximum Gasteiger partial charge on any atom is 0.416 e. The van der Waals surface area contributed by atoms with Crippen LogP contribution >= 0.6 is 0 Å². The zero-order valence-corrected chi connectivity index (χ0v) is 10.6. The zero-order chi connectivity index (χ0) is 14.8. The molecule has 4 nitrogen and oxygen atoms in total. The van der Waals surface area contributed by atoms with Gasteiger partial charge in [0.15, 0.2) is 0 Å². The van der Waals surface area contributed by atoms with Crippen molar-refractivity contribution in [3.8, 4) is 0 Å². The first-order chi connectivity index (χ1) is 9.41. The lowest BCUT2D eigenvalue weighted by Crippen LogP contribution is -2.15. The van der Waals surface area contributed by atoms with Gasteiger partial charge in [-0.15, -0.1) is 0 Å². The zero-order valence-electron chi connectivity index (χ0n) is 10.6. The molecule has 106 valence electrons. The summed E-state index contributed by atoms with van der Waals surface area (Å²) < 4.78 is 37.7. The second-order valence-corrected chi connectivity index (χ2v) is 4.16. The maximum absolute atomic E-state index is 12.6.